The molecule has 20 heavy (non-hydrogen) atoms. The summed E-state index contributed by atoms with van der Waals surface area (Å²) in [6.45, 7) is 1.87. The van der Waals surface area contributed by atoms with Crippen molar-refractivity contribution < 1.29 is 9.84 Å². The molecule has 1 heterocycles. The Labute approximate surface area is 125 Å². The lowest BCUT2D eigenvalue weighted by atomic mass is 10.1. The summed E-state index contributed by atoms with van der Waals surface area (Å²) in [7, 11) is 1.44. The normalized spacial score (nSPS) is 11.2. The number of hydrogen-bond donors (Lipinski definition) is 1. The van der Waals surface area contributed by atoms with Crippen LogP contribution in [0, 0.1) is 18.3 Å². The summed E-state index contributed by atoms with van der Waals surface area (Å²) in [5, 5.41) is 21.6. The van der Waals surface area contributed by atoms with Crippen LogP contribution in [-0.2, 0) is 0 Å². The Balaban J connectivity index is 2.48. The molecular formula is C14H11ClN2O2S. The van der Waals surface area contributed by atoms with Gasteiger partial charge in [-0.1, -0.05) is 11.6 Å². The first-order valence-electron chi connectivity index (χ1n) is 5.66. The Bertz CT molecular complexity index is 716. The minimum absolute atomic E-state index is 0.116. The number of aromatic nitrogens is 1. The lowest BCUT2D eigenvalue weighted by Crippen LogP contribution is -1.87. The fourth-order valence-corrected chi connectivity index (χ4v) is 2.60. The van der Waals surface area contributed by atoms with Crippen LogP contribution in [0.3, 0.4) is 0 Å². The van der Waals surface area contributed by atoms with Crippen molar-refractivity contribution in [1.29, 1.82) is 5.26 Å². The fourth-order valence-electron chi connectivity index (χ4n) is 1.62. The molecule has 0 aliphatic carbocycles. The van der Waals surface area contributed by atoms with Gasteiger partial charge in [0.25, 0.3) is 0 Å². The van der Waals surface area contributed by atoms with Gasteiger partial charge in [0.15, 0.2) is 11.5 Å². The maximum atomic E-state index is 9.68. The maximum absolute atomic E-state index is 9.68. The van der Waals surface area contributed by atoms with Gasteiger partial charge < -0.3 is 9.84 Å². The second-order valence-electron chi connectivity index (χ2n) is 4.02. The van der Waals surface area contributed by atoms with Gasteiger partial charge in [0.2, 0.25) is 0 Å². The number of aromatic hydroxyl groups is 1. The van der Waals surface area contributed by atoms with E-state index in [-0.39, 0.29) is 16.5 Å². The van der Waals surface area contributed by atoms with Crippen LogP contribution in [0.5, 0.6) is 11.5 Å². The zero-order valence-electron chi connectivity index (χ0n) is 10.8. The van der Waals surface area contributed by atoms with Crippen molar-refractivity contribution >= 4 is 34.6 Å². The molecule has 0 atom stereocenters. The third kappa shape index (κ3) is 2.93. The molecule has 0 fully saturated rings. The minimum Gasteiger partial charge on any atom is -0.503 e. The highest BCUT2D eigenvalue weighted by molar-refractivity contribution is 7.11. The van der Waals surface area contributed by atoms with Crippen molar-refractivity contribution in [3.05, 3.63) is 38.8 Å². The van der Waals surface area contributed by atoms with Crippen LogP contribution in [-0.4, -0.2) is 17.2 Å². The van der Waals surface area contributed by atoms with Crippen LogP contribution < -0.4 is 4.74 Å². The third-order valence-corrected chi connectivity index (χ3v) is 3.83. The molecule has 0 spiro atoms. The van der Waals surface area contributed by atoms with Crippen LogP contribution >= 0.6 is 22.9 Å². The van der Waals surface area contributed by atoms with Crippen molar-refractivity contribution in [2.24, 2.45) is 0 Å². The molecule has 2 aromatic rings. The van der Waals surface area contributed by atoms with Gasteiger partial charge in [-0.3, -0.25) is 0 Å². The van der Waals surface area contributed by atoms with Crippen LogP contribution in [0.2, 0.25) is 5.02 Å². The summed E-state index contributed by atoms with van der Waals surface area (Å²) < 4.78 is 5.03. The zero-order chi connectivity index (χ0) is 14.7. The van der Waals surface area contributed by atoms with Gasteiger partial charge in [-0.05, 0) is 30.7 Å². The number of allylic oxidation sites excluding steroid dienone is 1. The van der Waals surface area contributed by atoms with Crippen molar-refractivity contribution in [2.75, 3.05) is 7.11 Å². The van der Waals surface area contributed by atoms with Crippen molar-refractivity contribution in [3.63, 3.8) is 0 Å². The summed E-state index contributed by atoms with van der Waals surface area (Å²) in [6.07, 6.45) is 1.66. The first-order valence-corrected chi connectivity index (χ1v) is 6.91. The summed E-state index contributed by atoms with van der Waals surface area (Å²) in [6, 6.07) is 5.29. The Morgan fingerprint density at radius 2 is 2.30 bits per heavy atom. The van der Waals surface area contributed by atoms with E-state index in [4.69, 9.17) is 16.3 Å². The Hall–Kier alpha value is -2.03. The second-order valence-corrected chi connectivity index (χ2v) is 5.28. The predicted octanol–water partition coefficient (Wildman–Crippen LogP) is 3.88. The average Bonchev–Trinajstić information content (AvgIpc) is 2.86. The van der Waals surface area contributed by atoms with Gasteiger partial charge in [0.05, 0.1) is 17.7 Å². The number of rotatable bonds is 3. The number of aryl methyl sites for hydroxylation is 1. The quantitative estimate of drug-likeness (QED) is 0.874. The van der Waals surface area contributed by atoms with E-state index >= 15 is 0 Å². The summed E-state index contributed by atoms with van der Waals surface area (Å²) >= 11 is 7.32. The molecule has 0 aliphatic rings. The van der Waals surface area contributed by atoms with E-state index < -0.39 is 0 Å². The highest BCUT2D eigenvalue weighted by atomic mass is 35.5. The van der Waals surface area contributed by atoms with Crippen LogP contribution in [0.4, 0.5) is 0 Å². The average molecular weight is 307 g/mol. The number of thiazole rings is 1. The highest BCUT2D eigenvalue weighted by Crippen LogP contribution is 2.36. The van der Waals surface area contributed by atoms with Gasteiger partial charge >= 0.3 is 0 Å². The second kappa shape index (κ2) is 5.95. The summed E-state index contributed by atoms with van der Waals surface area (Å²) in [4.78, 5) is 4.27. The number of ether oxygens (including phenoxy) is 1. The van der Waals surface area contributed by atoms with E-state index in [2.05, 4.69) is 11.1 Å². The Morgan fingerprint density at radius 3 is 2.85 bits per heavy atom. The van der Waals surface area contributed by atoms with Crippen LogP contribution in [0.25, 0.3) is 11.6 Å². The molecule has 0 aliphatic heterocycles. The number of nitrogens with zero attached hydrogens (tertiary/aromatic N) is 2. The molecule has 0 amide bonds. The molecule has 102 valence electrons. The monoisotopic (exact) mass is 306 g/mol. The molecular weight excluding hydrogens is 296 g/mol. The van der Waals surface area contributed by atoms with Gasteiger partial charge in [-0.25, -0.2) is 4.98 Å². The largest absolute Gasteiger partial charge is 0.503 e. The van der Waals surface area contributed by atoms with Gasteiger partial charge in [-0.15, -0.1) is 11.3 Å². The number of methoxy groups -OCH3 is 1. The number of phenols is 1. The number of nitriles is 1. The first-order chi connectivity index (χ1) is 9.55. The van der Waals surface area contributed by atoms with Crippen molar-refractivity contribution in [3.8, 4) is 17.6 Å². The van der Waals surface area contributed by atoms with Crippen LogP contribution in [0.15, 0.2) is 17.5 Å². The van der Waals surface area contributed by atoms with E-state index in [0.717, 1.165) is 5.69 Å². The molecule has 6 heteroatoms. The van der Waals surface area contributed by atoms with Gasteiger partial charge in [-0.2, -0.15) is 5.26 Å². The SMILES string of the molecule is COc1cc(C=C(C#N)c2nc(C)cs2)cc(Cl)c1O. The van der Waals surface area contributed by atoms with Crippen molar-refractivity contribution in [2.45, 2.75) is 6.92 Å². The number of benzene rings is 1. The standard InChI is InChI=1S/C14H11ClN2O2S/c1-8-7-20-14(17-8)10(6-16)3-9-4-11(15)13(18)12(5-9)19-2/h3-5,7,18H,1-2H3. The molecule has 1 N–H and O–H groups in total. The molecule has 0 saturated carbocycles. The number of hydrogen-bond acceptors (Lipinski definition) is 5. The molecule has 0 radical (unpaired) electrons. The molecule has 1 aromatic heterocycles. The predicted molar refractivity (Wildman–Crippen MR) is 80.0 cm³/mol. The van der Waals surface area contributed by atoms with Gasteiger partial charge in [0, 0.05) is 11.1 Å². The van der Waals surface area contributed by atoms with E-state index in [1.807, 2.05) is 12.3 Å². The van der Waals surface area contributed by atoms with E-state index in [1.165, 1.54) is 18.4 Å². The summed E-state index contributed by atoms with van der Waals surface area (Å²) in [5.41, 5.74) is 1.97. The molecule has 0 unspecified atom stereocenters. The fraction of sp³-hybridized carbons (Fsp3) is 0.143. The Morgan fingerprint density at radius 1 is 1.55 bits per heavy atom. The van der Waals surface area contributed by atoms with E-state index in [1.54, 1.807) is 18.2 Å². The van der Waals surface area contributed by atoms with E-state index in [9.17, 15) is 10.4 Å². The number of halogens is 1. The third-order valence-electron chi connectivity index (χ3n) is 2.55. The molecule has 4 nitrogen and oxygen atoms in total. The molecule has 0 saturated heterocycles. The van der Waals surface area contributed by atoms with Crippen LogP contribution in [0.1, 0.15) is 16.3 Å². The highest BCUT2D eigenvalue weighted by Gasteiger charge is 2.10. The summed E-state index contributed by atoms with van der Waals surface area (Å²) in [5.74, 6) is 0.145. The van der Waals surface area contributed by atoms with E-state index in [0.29, 0.717) is 16.1 Å². The maximum Gasteiger partial charge on any atom is 0.176 e. The molecule has 0 bridgehead atoms. The topological polar surface area (TPSA) is 66.1 Å². The zero-order valence-corrected chi connectivity index (χ0v) is 12.4. The number of phenolic OH excluding ortho intramolecular Hbond substituents is 1. The lowest BCUT2D eigenvalue weighted by molar-refractivity contribution is 0.373. The first kappa shape index (κ1) is 14.4. The minimum atomic E-state index is -0.116. The molecule has 2 rings (SSSR count). The lowest BCUT2D eigenvalue weighted by Gasteiger charge is -2.06. The Kier molecular flexibility index (Phi) is 4.28. The smallest absolute Gasteiger partial charge is 0.176 e. The molecule has 1 aromatic carbocycles. The van der Waals surface area contributed by atoms with Crippen molar-refractivity contribution in [1.82, 2.24) is 4.98 Å². The van der Waals surface area contributed by atoms with Gasteiger partial charge in [0.1, 0.15) is 11.1 Å².